The van der Waals surface area contributed by atoms with E-state index in [1.54, 1.807) is 24.3 Å². The van der Waals surface area contributed by atoms with Gasteiger partial charge in [-0.25, -0.2) is 14.4 Å². The molecule has 5 rings (SSSR count). The fourth-order valence-corrected chi connectivity index (χ4v) is 5.48. The topological polar surface area (TPSA) is 37.7 Å². The van der Waals surface area contributed by atoms with E-state index in [1.807, 2.05) is 40.7 Å². The van der Waals surface area contributed by atoms with Crippen LogP contribution in [0.5, 0.6) is 5.75 Å². The molecule has 2 heterocycles. The van der Waals surface area contributed by atoms with Crippen LogP contribution in [0.3, 0.4) is 0 Å². The van der Waals surface area contributed by atoms with E-state index in [1.165, 1.54) is 24.5 Å². The molecule has 3 aromatic carbocycles. The Balaban J connectivity index is 0.00000289. The third-order valence-corrected chi connectivity index (χ3v) is 7.47. The minimum absolute atomic E-state index is 0. The normalized spacial score (nSPS) is 15.1. The molecule has 1 aromatic heterocycles. The number of methoxy groups -OCH3 is 1. The van der Waals surface area contributed by atoms with Crippen LogP contribution in [-0.2, 0) is 0 Å². The van der Waals surface area contributed by atoms with Gasteiger partial charge >= 0.3 is 0 Å². The summed E-state index contributed by atoms with van der Waals surface area (Å²) in [4.78, 5) is 4.85. The molecule has 0 saturated heterocycles. The van der Waals surface area contributed by atoms with Gasteiger partial charge in [-0.05, 0) is 48.0 Å². The molecule has 1 aliphatic rings. The maximum atomic E-state index is 14.4. The fourth-order valence-electron chi connectivity index (χ4n) is 3.84. The standard InChI is InChI=1S/C25H17BrCl2FN3OS.BrH/c1-33-24-9-4-15(10-20(24)29)21-12-23(18-8-7-17(27)11-19(18)28)32(31-21)25-30-22(13-34-25)14-2-5-16(26)6-3-14;/h2-11,13,23H,12H2,1H3;1H. The van der Waals surface area contributed by atoms with Crippen molar-refractivity contribution in [2.45, 2.75) is 12.5 Å². The molecule has 0 bridgehead atoms. The summed E-state index contributed by atoms with van der Waals surface area (Å²) >= 11 is 17.7. The second-order valence-electron chi connectivity index (χ2n) is 7.65. The largest absolute Gasteiger partial charge is 0.494 e. The maximum Gasteiger partial charge on any atom is 0.207 e. The van der Waals surface area contributed by atoms with Crippen LogP contribution in [0.25, 0.3) is 11.3 Å². The number of nitrogens with zero attached hydrogens (tertiary/aromatic N) is 3. The Labute approximate surface area is 235 Å². The highest BCUT2D eigenvalue weighted by molar-refractivity contribution is 9.10. The van der Waals surface area contributed by atoms with E-state index in [0.29, 0.717) is 22.0 Å². The predicted octanol–water partition coefficient (Wildman–Crippen LogP) is 8.96. The third kappa shape index (κ3) is 5.42. The summed E-state index contributed by atoms with van der Waals surface area (Å²) in [5, 5.41) is 10.5. The molecule has 4 nitrogen and oxygen atoms in total. The van der Waals surface area contributed by atoms with Crippen molar-refractivity contribution in [3.05, 3.63) is 97.5 Å². The van der Waals surface area contributed by atoms with E-state index in [0.717, 1.165) is 32.1 Å². The minimum atomic E-state index is -0.436. The molecular weight excluding hydrogens is 640 g/mol. The van der Waals surface area contributed by atoms with Crippen molar-refractivity contribution in [3.63, 3.8) is 0 Å². The number of aromatic nitrogens is 1. The number of halogens is 5. The summed E-state index contributed by atoms with van der Waals surface area (Å²) in [6.45, 7) is 0. The Hall–Kier alpha value is -1.97. The number of benzene rings is 3. The van der Waals surface area contributed by atoms with Crippen molar-refractivity contribution in [1.29, 1.82) is 0 Å². The summed E-state index contributed by atoms with van der Waals surface area (Å²) in [7, 11) is 1.44. The Morgan fingerprint density at radius 3 is 2.49 bits per heavy atom. The Morgan fingerprint density at radius 2 is 1.80 bits per heavy atom. The number of ether oxygens (including phenoxy) is 1. The van der Waals surface area contributed by atoms with Gasteiger partial charge < -0.3 is 4.74 Å². The molecule has 35 heavy (non-hydrogen) atoms. The zero-order valence-electron chi connectivity index (χ0n) is 18.2. The smallest absolute Gasteiger partial charge is 0.207 e. The maximum absolute atomic E-state index is 14.4. The molecule has 0 amide bonds. The molecule has 4 aromatic rings. The van der Waals surface area contributed by atoms with Gasteiger partial charge in [-0.1, -0.05) is 57.3 Å². The summed E-state index contributed by atoms with van der Waals surface area (Å²) in [6, 6.07) is 18.0. The minimum Gasteiger partial charge on any atom is -0.494 e. The molecular formula is C25H18Br2Cl2FN3OS. The highest BCUT2D eigenvalue weighted by atomic mass is 79.9. The molecule has 0 N–H and O–H groups in total. The van der Waals surface area contributed by atoms with Gasteiger partial charge in [0.1, 0.15) is 0 Å². The average Bonchev–Trinajstić information content (AvgIpc) is 3.47. The summed E-state index contributed by atoms with van der Waals surface area (Å²) in [6.07, 6.45) is 0.528. The van der Waals surface area contributed by atoms with E-state index in [-0.39, 0.29) is 28.8 Å². The van der Waals surface area contributed by atoms with Gasteiger partial charge in [-0.15, -0.1) is 28.3 Å². The van der Waals surface area contributed by atoms with Gasteiger partial charge in [0.15, 0.2) is 11.6 Å². The molecule has 0 radical (unpaired) electrons. The number of thiazole rings is 1. The lowest BCUT2D eigenvalue weighted by Gasteiger charge is -2.22. The first-order valence-corrected chi connectivity index (χ1v) is 12.7. The SMILES string of the molecule is Br.COc1ccc(C2=NN(c3nc(-c4ccc(Br)cc4)cs3)C(c3ccc(Cl)cc3Cl)C2)cc1F. The molecule has 1 unspecified atom stereocenters. The second kappa shape index (κ2) is 11.0. The van der Waals surface area contributed by atoms with Gasteiger partial charge in [-0.2, -0.15) is 5.10 Å². The van der Waals surface area contributed by atoms with Crippen molar-refractivity contribution in [1.82, 2.24) is 4.98 Å². The van der Waals surface area contributed by atoms with Crippen molar-refractivity contribution >= 4 is 78.3 Å². The zero-order chi connectivity index (χ0) is 23.8. The fraction of sp³-hybridized carbons (Fsp3) is 0.120. The van der Waals surface area contributed by atoms with Crippen molar-refractivity contribution in [2.24, 2.45) is 5.10 Å². The highest BCUT2D eigenvalue weighted by Crippen LogP contribution is 2.42. The van der Waals surface area contributed by atoms with Crippen LogP contribution >= 0.6 is 67.5 Å². The quantitative estimate of drug-likeness (QED) is 0.215. The van der Waals surface area contributed by atoms with Crippen LogP contribution < -0.4 is 9.75 Å². The van der Waals surface area contributed by atoms with Gasteiger partial charge in [0.05, 0.1) is 24.6 Å². The highest BCUT2D eigenvalue weighted by Gasteiger charge is 2.33. The lowest BCUT2D eigenvalue weighted by Crippen LogP contribution is -2.18. The van der Waals surface area contributed by atoms with Crippen molar-refractivity contribution in [2.75, 3.05) is 12.1 Å². The van der Waals surface area contributed by atoms with Crippen LogP contribution in [0.2, 0.25) is 10.0 Å². The van der Waals surface area contributed by atoms with E-state index in [2.05, 4.69) is 15.9 Å². The number of anilines is 1. The number of hydrazone groups is 1. The van der Waals surface area contributed by atoms with Gasteiger partial charge in [0, 0.05) is 37.4 Å². The third-order valence-electron chi connectivity index (χ3n) is 5.54. The average molecular weight is 658 g/mol. The summed E-state index contributed by atoms with van der Waals surface area (Å²) in [5.41, 5.74) is 4.15. The summed E-state index contributed by atoms with van der Waals surface area (Å²) < 4.78 is 20.5. The molecule has 10 heteroatoms. The molecule has 0 spiro atoms. The second-order valence-corrected chi connectivity index (χ2v) is 10.2. The van der Waals surface area contributed by atoms with E-state index in [9.17, 15) is 4.39 Å². The zero-order valence-corrected chi connectivity index (χ0v) is 23.8. The molecule has 1 aliphatic heterocycles. The van der Waals surface area contributed by atoms with Crippen molar-refractivity contribution in [3.8, 4) is 17.0 Å². The van der Waals surface area contributed by atoms with Crippen LogP contribution in [0.4, 0.5) is 9.52 Å². The number of rotatable bonds is 5. The number of hydrogen-bond donors (Lipinski definition) is 0. The van der Waals surface area contributed by atoms with Gasteiger partial charge in [0.2, 0.25) is 5.13 Å². The van der Waals surface area contributed by atoms with Crippen LogP contribution in [0.15, 0.2) is 75.6 Å². The van der Waals surface area contributed by atoms with Crippen LogP contribution in [0, 0.1) is 5.82 Å². The molecule has 180 valence electrons. The Kier molecular flexibility index (Phi) is 8.18. The first-order valence-electron chi connectivity index (χ1n) is 10.3. The Bertz CT molecular complexity index is 1400. The van der Waals surface area contributed by atoms with Gasteiger partial charge in [0.25, 0.3) is 0 Å². The lowest BCUT2D eigenvalue weighted by molar-refractivity contribution is 0.386. The van der Waals surface area contributed by atoms with E-state index < -0.39 is 5.82 Å². The van der Waals surface area contributed by atoms with Crippen LogP contribution in [-0.4, -0.2) is 17.8 Å². The van der Waals surface area contributed by atoms with E-state index in [4.69, 9.17) is 38.0 Å². The first-order chi connectivity index (χ1) is 16.4. The van der Waals surface area contributed by atoms with Crippen LogP contribution in [0.1, 0.15) is 23.6 Å². The monoisotopic (exact) mass is 655 g/mol. The van der Waals surface area contributed by atoms with Crippen molar-refractivity contribution < 1.29 is 9.13 Å². The van der Waals surface area contributed by atoms with Gasteiger partial charge in [-0.3, -0.25) is 0 Å². The summed E-state index contributed by atoms with van der Waals surface area (Å²) in [5.74, 6) is -0.246. The molecule has 1 atom stereocenters. The lowest BCUT2D eigenvalue weighted by atomic mass is 9.98. The first kappa shape index (κ1) is 26.1. The van der Waals surface area contributed by atoms with E-state index >= 15 is 0 Å². The predicted molar refractivity (Wildman–Crippen MR) is 151 cm³/mol. The number of hydrogen-bond acceptors (Lipinski definition) is 5. The molecule has 0 aliphatic carbocycles. The Morgan fingerprint density at radius 1 is 1.06 bits per heavy atom. The molecule has 0 fully saturated rings. The molecule has 0 saturated carbocycles.